The highest BCUT2D eigenvalue weighted by atomic mass is 19.2. The van der Waals surface area contributed by atoms with Crippen LogP contribution in [0.2, 0.25) is 0 Å². The molecule has 0 saturated carbocycles. The van der Waals surface area contributed by atoms with Crippen molar-refractivity contribution in [2.45, 2.75) is 31.4 Å². The van der Waals surface area contributed by atoms with Crippen LogP contribution in [0.5, 0.6) is 0 Å². The van der Waals surface area contributed by atoms with Crippen LogP contribution in [0.4, 0.5) is 13.2 Å². The Morgan fingerprint density at radius 3 is 2.41 bits per heavy atom. The van der Waals surface area contributed by atoms with Gasteiger partial charge in [-0.15, -0.1) is 0 Å². The number of aliphatic hydroxyl groups is 1. The minimum absolute atomic E-state index is 0.0122. The van der Waals surface area contributed by atoms with E-state index in [4.69, 9.17) is 5.11 Å². The quantitative estimate of drug-likeness (QED) is 0.487. The number of aliphatic hydroxyl groups excluding tert-OH is 1. The van der Waals surface area contributed by atoms with Crippen molar-refractivity contribution in [3.63, 3.8) is 0 Å². The van der Waals surface area contributed by atoms with Gasteiger partial charge in [0.25, 0.3) is 0 Å². The zero-order valence-electron chi connectivity index (χ0n) is 17.1. The molecule has 0 saturated heterocycles. The zero-order chi connectivity index (χ0) is 22.8. The number of nitrogens with one attached hydrogen (secondary N) is 1. The molecule has 32 heavy (non-hydrogen) atoms. The summed E-state index contributed by atoms with van der Waals surface area (Å²) in [5.41, 5.74) is 4.21. The van der Waals surface area contributed by atoms with E-state index < -0.39 is 29.5 Å². The summed E-state index contributed by atoms with van der Waals surface area (Å²) in [4.78, 5) is 11.0. The van der Waals surface area contributed by atoms with Crippen molar-refractivity contribution in [3.8, 4) is 11.1 Å². The molecule has 7 heteroatoms. The van der Waals surface area contributed by atoms with E-state index in [1.165, 1.54) is 5.56 Å². The maximum atomic E-state index is 13.9. The van der Waals surface area contributed by atoms with Gasteiger partial charge in [-0.1, -0.05) is 36.4 Å². The van der Waals surface area contributed by atoms with Crippen molar-refractivity contribution in [2.24, 2.45) is 0 Å². The van der Waals surface area contributed by atoms with Crippen LogP contribution >= 0.6 is 0 Å². The van der Waals surface area contributed by atoms with Crippen LogP contribution in [-0.2, 0) is 12.8 Å². The van der Waals surface area contributed by atoms with E-state index in [-0.39, 0.29) is 23.7 Å². The Morgan fingerprint density at radius 1 is 0.969 bits per heavy atom. The molecule has 0 aliphatic heterocycles. The van der Waals surface area contributed by atoms with Crippen LogP contribution in [0.25, 0.3) is 11.1 Å². The average Bonchev–Trinajstić information content (AvgIpc) is 2.80. The first kappa shape index (κ1) is 22.0. The second-order valence-electron chi connectivity index (χ2n) is 7.99. The lowest BCUT2D eigenvalue weighted by Crippen LogP contribution is -2.37. The van der Waals surface area contributed by atoms with Crippen molar-refractivity contribution < 1.29 is 28.2 Å². The molecule has 3 N–H and O–H groups in total. The summed E-state index contributed by atoms with van der Waals surface area (Å²) in [5.74, 6) is -5.21. The van der Waals surface area contributed by atoms with Crippen LogP contribution in [0.15, 0.2) is 54.6 Å². The minimum Gasteiger partial charge on any atom is -0.478 e. The number of hydrogen-bond donors (Lipinski definition) is 3. The molecular weight excluding hydrogens is 419 g/mol. The van der Waals surface area contributed by atoms with Crippen LogP contribution in [0, 0.1) is 17.5 Å². The van der Waals surface area contributed by atoms with E-state index in [0.29, 0.717) is 6.42 Å². The Balaban J connectivity index is 1.43. The lowest BCUT2D eigenvalue weighted by atomic mass is 9.86. The summed E-state index contributed by atoms with van der Waals surface area (Å²) < 4.78 is 40.5. The van der Waals surface area contributed by atoms with Crippen molar-refractivity contribution in [1.29, 1.82) is 0 Å². The van der Waals surface area contributed by atoms with E-state index in [1.807, 2.05) is 6.07 Å². The molecule has 0 amide bonds. The van der Waals surface area contributed by atoms with Crippen LogP contribution in [0.1, 0.15) is 39.6 Å². The van der Waals surface area contributed by atoms with E-state index in [2.05, 4.69) is 17.4 Å². The summed E-state index contributed by atoms with van der Waals surface area (Å²) in [7, 11) is 0. The molecule has 1 aliphatic carbocycles. The zero-order valence-corrected chi connectivity index (χ0v) is 17.1. The first-order valence-corrected chi connectivity index (χ1v) is 10.3. The molecule has 0 aromatic heterocycles. The van der Waals surface area contributed by atoms with Gasteiger partial charge >= 0.3 is 5.97 Å². The summed E-state index contributed by atoms with van der Waals surface area (Å²) in [6.07, 6.45) is 1.06. The summed E-state index contributed by atoms with van der Waals surface area (Å²) in [6, 6.07) is 14.7. The number of rotatable bonds is 6. The molecule has 3 aromatic rings. The monoisotopic (exact) mass is 441 g/mol. The molecule has 0 heterocycles. The maximum Gasteiger partial charge on any atom is 0.335 e. The van der Waals surface area contributed by atoms with Crippen LogP contribution in [-0.4, -0.2) is 28.8 Å². The van der Waals surface area contributed by atoms with Gasteiger partial charge in [-0.25, -0.2) is 18.0 Å². The molecule has 166 valence electrons. The lowest BCUT2D eigenvalue weighted by molar-refractivity contribution is 0.0697. The number of hydrogen-bond acceptors (Lipinski definition) is 3. The molecule has 0 bridgehead atoms. The van der Waals surface area contributed by atoms with Gasteiger partial charge in [0.15, 0.2) is 17.5 Å². The van der Waals surface area contributed by atoms with Gasteiger partial charge in [0.05, 0.1) is 11.7 Å². The van der Waals surface area contributed by atoms with E-state index in [9.17, 15) is 23.1 Å². The first-order valence-electron chi connectivity index (χ1n) is 10.3. The Labute approximate surface area is 183 Å². The summed E-state index contributed by atoms with van der Waals surface area (Å²) in [5, 5.41) is 22.5. The van der Waals surface area contributed by atoms with Crippen LogP contribution < -0.4 is 5.32 Å². The van der Waals surface area contributed by atoms with Gasteiger partial charge in [-0.05, 0) is 59.7 Å². The van der Waals surface area contributed by atoms with Gasteiger partial charge in [0.1, 0.15) is 0 Å². The fourth-order valence-corrected chi connectivity index (χ4v) is 4.10. The standard InChI is InChI=1S/C25H22F3NO3/c26-21-10-9-20(23(27)24(21)28)22(30)13-29-19-8-7-15-3-6-17(11-18(15)12-19)14-1-4-16(5-2-14)25(31)32/h1-6,9-11,19,22,29-30H,7-8,12-13H2,(H,31,32)/t19-,22-/m0/s1. The number of halogens is 3. The normalized spacial score (nSPS) is 16.4. The molecule has 4 rings (SSSR count). The number of fused-ring (bicyclic) bond motifs is 1. The number of carbonyl (C=O) groups is 1. The SMILES string of the molecule is O=C(O)c1ccc(-c2ccc3c(c2)C[C@@H](NC[C@H](O)c2ccc(F)c(F)c2F)CC3)cc1. The predicted octanol–water partition coefficient (Wildman–Crippen LogP) is 4.65. The Kier molecular flexibility index (Phi) is 6.30. The molecule has 1 aliphatic rings. The van der Waals surface area contributed by atoms with Gasteiger partial charge in [0.2, 0.25) is 0 Å². The fraction of sp³-hybridized carbons (Fsp3) is 0.240. The Morgan fingerprint density at radius 2 is 1.69 bits per heavy atom. The Bertz CT molecular complexity index is 1150. The third-order valence-corrected chi connectivity index (χ3v) is 5.92. The van der Waals surface area contributed by atoms with E-state index in [1.54, 1.807) is 24.3 Å². The Hall–Kier alpha value is -3.16. The largest absolute Gasteiger partial charge is 0.478 e. The molecule has 0 fully saturated rings. The minimum atomic E-state index is -1.59. The number of aromatic carboxylic acids is 1. The second-order valence-corrected chi connectivity index (χ2v) is 7.99. The fourth-order valence-electron chi connectivity index (χ4n) is 4.10. The molecule has 3 aromatic carbocycles. The lowest BCUT2D eigenvalue weighted by Gasteiger charge is -2.27. The average molecular weight is 441 g/mol. The molecular formula is C25H22F3NO3. The third-order valence-electron chi connectivity index (χ3n) is 5.92. The highest BCUT2D eigenvalue weighted by Crippen LogP contribution is 2.28. The topological polar surface area (TPSA) is 69.6 Å². The number of carboxylic acid groups (broad SMARTS) is 1. The number of benzene rings is 3. The van der Waals surface area contributed by atoms with Crippen molar-refractivity contribution >= 4 is 5.97 Å². The highest BCUT2D eigenvalue weighted by molar-refractivity contribution is 5.88. The van der Waals surface area contributed by atoms with Crippen molar-refractivity contribution in [2.75, 3.05) is 6.54 Å². The predicted molar refractivity (Wildman–Crippen MR) is 114 cm³/mol. The van der Waals surface area contributed by atoms with E-state index >= 15 is 0 Å². The van der Waals surface area contributed by atoms with Gasteiger partial charge in [0, 0.05) is 18.2 Å². The van der Waals surface area contributed by atoms with Gasteiger partial charge in [-0.2, -0.15) is 0 Å². The number of aryl methyl sites for hydroxylation is 1. The molecule has 0 spiro atoms. The second kappa shape index (κ2) is 9.14. The van der Waals surface area contributed by atoms with Gasteiger partial charge < -0.3 is 15.5 Å². The van der Waals surface area contributed by atoms with Crippen LogP contribution in [0.3, 0.4) is 0 Å². The molecule has 2 atom stereocenters. The third kappa shape index (κ3) is 4.54. The molecule has 0 radical (unpaired) electrons. The van der Waals surface area contributed by atoms with Crippen molar-refractivity contribution in [3.05, 3.63) is 94.3 Å². The van der Waals surface area contributed by atoms with Gasteiger partial charge in [-0.3, -0.25) is 0 Å². The molecule has 4 nitrogen and oxygen atoms in total. The summed E-state index contributed by atoms with van der Waals surface area (Å²) in [6.45, 7) is 0.0122. The highest BCUT2D eigenvalue weighted by Gasteiger charge is 2.23. The van der Waals surface area contributed by atoms with E-state index in [0.717, 1.165) is 41.7 Å². The summed E-state index contributed by atoms with van der Waals surface area (Å²) >= 11 is 0. The molecule has 0 unspecified atom stereocenters. The smallest absolute Gasteiger partial charge is 0.335 e. The maximum absolute atomic E-state index is 13.9. The number of carboxylic acids is 1. The van der Waals surface area contributed by atoms with Crippen molar-refractivity contribution in [1.82, 2.24) is 5.32 Å². The first-order chi connectivity index (χ1) is 15.3.